The lowest BCUT2D eigenvalue weighted by Crippen LogP contribution is -2.18. The van der Waals surface area contributed by atoms with Gasteiger partial charge in [0.25, 0.3) is 5.91 Å². The average Bonchev–Trinajstić information content (AvgIpc) is 3.42. The van der Waals surface area contributed by atoms with Gasteiger partial charge in [-0.25, -0.2) is 15.2 Å². The maximum Gasteiger partial charge on any atom is 0.338 e. The van der Waals surface area contributed by atoms with E-state index in [1.807, 2.05) is 54.6 Å². The third-order valence-electron chi connectivity index (χ3n) is 5.70. The Labute approximate surface area is 213 Å². The van der Waals surface area contributed by atoms with Gasteiger partial charge in [-0.2, -0.15) is 5.10 Å². The van der Waals surface area contributed by atoms with Gasteiger partial charge in [-0.15, -0.1) is 0 Å². The number of nitrogens with zero attached hydrogens (tertiary/aromatic N) is 2. The van der Waals surface area contributed by atoms with Crippen LogP contribution in [0.15, 0.2) is 107 Å². The van der Waals surface area contributed by atoms with Gasteiger partial charge in [-0.05, 0) is 43.3 Å². The number of benzene rings is 3. The topological polar surface area (TPSA) is 93.8 Å². The first-order valence-electron chi connectivity index (χ1n) is 11.8. The molecule has 7 heteroatoms. The molecular formula is C30H23N3O4. The van der Waals surface area contributed by atoms with Crippen LogP contribution in [0.2, 0.25) is 0 Å². The number of esters is 1. The number of para-hydroxylation sites is 1. The summed E-state index contributed by atoms with van der Waals surface area (Å²) in [6, 6.07) is 29.5. The zero-order valence-corrected chi connectivity index (χ0v) is 20.0. The van der Waals surface area contributed by atoms with E-state index in [-0.39, 0.29) is 11.9 Å². The molecule has 0 radical (unpaired) electrons. The van der Waals surface area contributed by atoms with Crippen molar-refractivity contribution in [1.29, 1.82) is 0 Å². The molecule has 0 atom stereocenters. The predicted molar refractivity (Wildman–Crippen MR) is 142 cm³/mol. The van der Waals surface area contributed by atoms with Crippen molar-refractivity contribution >= 4 is 29.0 Å². The van der Waals surface area contributed by atoms with E-state index in [2.05, 4.69) is 10.5 Å². The number of carbonyl (C=O) groups excluding carboxylic acids is 2. The summed E-state index contributed by atoms with van der Waals surface area (Å²) in [5.74, 6) is 0.355. The van der Waals surface area contributed by atoms with Crippen molar-refractivity contribution in [3.05, 3.63) is 114 Å². The fourth-order valence-corrected chi connectivity index (χ4v) is 3.90. The molecule has 0 fully saturated rings. The van der Waals surface area contributed by atoms with Gasteiger partial charge in [-0.3, -0.25) is 4.79 Å². The number of nitrogens with one attached hydrogen (secondary N) is 1. The summed E-state index contributed by atoms with van der Waals surface area (Å²) in [4.78, 5) is 29.6. The van der Waals surface area contributed by atoms with Crippen LogP contribution in [0.1, 0.15) is 33.4 Å². The van der Waals surface area contributed by atoms with Crippen molar-refractivity contribution in [2.75, 3.05) is 6.61 Å². The molecular weight excluding hydrogens is 466 g/mol. The maximum atomic E-state index is 13.1. The molecule has 0 bridgehead atoms. The number of hydrogen-bond acceptors (Lipinski definition) is 6. The summed E-state index contributed by atoms with van der Waals surface area (Å²) < 4.78 is 10.8. The average molecular weight is 490 g/mol. The molecule has 1 N–H and O–H groups in total. The summed E-state index contributed by atoms with van der Waals surface area (Å²) in [6.07, 6.45) is 1.44. The molecule has 2 heterocycles. The van der Waals surface area contributed by atoms with Crippen LogP contribution >= 0.6 is 0 Å². The van der Waals surface area contributed by atoms with E-state index in [0.29, 0.717) is 34.9 Å². The molecule has 0 saturated carbocycles. The number of hydrazone groups is 1. The van der Waals surface area contributed by atoms with Crippen molar-refractivity contribution < 1.29 is 18.7 Å². The zero-order chi connectivity index (χ0) is 25.6. The highest BCUT2D eigenvalue weighted by molar-refractivity contribution is 6.07. The Bertz CT molecular complexity index is 1590. The fourth-order valence-electron chi connectivity index (χ4n) is 3.90. The van der Waals surface area contributed by atoms with E-state index in [4.69, 9.17) is 14.1 Å². The van der Waals surface area contributed by atoms with E-state index in [9.17, 15) is 9.59 Å². The molecule has 0 aliphatic carbocycles. The Kier molecular flexibility index (Phi) is 6.85. The molecule has 2 aromatic heterocycles. The van der Waals surface area contributed by atoms with Crippen molar-refractivity contribution in [3.8, 4) is 22.6 Å². The molecule has 0 aliphatic heterocycles. The van der Waals surface area contributed by atoms with Gasteiger partial charge in [0.2, 0.25) is 0 Å². The second-order valence-electron chi connectivity index (χ2n) is 8.14. The van der Waals surface area contributed by atoms with Crippen LogP contribution in [-0.2, 0) is 4.74 Å². The largest absolute Gasteiger partial charge is 0.462 e. The van der Waals surface area contributed by atoms with E-state index in [0.717, 1.165) is 22.0 Å². The number of furan rings is 1. The standard InChI is InChI=1S/C30H23N3O4/c1-2-36-30(35)22-14-12-21(13-15-22)28-17-16-23(37-28)19-31-33-29(34)25-18-27(20-8-4-3-5-9-20)32-26-11-7-6-10-24(25)26/h3-19H,2H2,1H3,(H,33,34)/b31-19+. The summed E-state index contributed by atoms with van der Waals surface area (Å²) >= 11 is 0. The number of pyridine rings is 1. The molecule has 0 aliphatic rings. The van der Waals surface area contributed by atoms with Gasteiger partial charge in [0.1, 0.15) is 11.5 Å². The fraction of sp³-hybridized carbons (Fsp3) is 0.0667. The van der Waals surface area contributed by atoms with Crippen molar-refractivity contribution in [2.24, 2.45) is 5.10 Å². The lowest BCUT2D eigenvalue weighted by molar-refractivity contribution is 0.0526. The van der Waals surface area contributed by atoms with E-state index in [1.165, 1.54) is 6.21 Å². The van der Waals surface area contributed by atoms with Gasteiger partial charge >= 0.3 is 5.97 Å². The molecule has 0 saturated heterocycles. The SMILES string of the molecule is CCOC(=O)c1ccc(-c2ccc(/C=N/NC(=O)c3cc(-c4ccccc4)nc4ccccc34)o2)cc1. The first-order chi connectivity index (χ1) is 18.1. The molecule has 5 rings (SSSR count). The molecule has 0 unspecified atom stereocenters. The summed E-state index contributed by atoms with van der Waals surface area (Å²) in [7, 11) is 0. The molecule has 0 spiro atoms. The third kappa shape index (κ3) is 5.31. The van der Waals surface area contributed by atoms with E-state index < -0.39 is 0 Å². The Morgan fingerprint density at radius 1 is 0.919 bits per heavy atom. The Balaban J connectivity index is 1.32. The molecule has 7 nitrogen and oxygen atoms in total. The molecule has 1 amide bonds. The summed E-state index contributed by atoms with van der Waals surface area (Å²) in [5, 5.41) is 4.83. The van der Waals surface area contributed by atoms with Gasteiger partial charge in [-0.1, -0.05) is 60.7 Å². The van der Waals surface area contributed by atoms with Crippen LogP contribution in [0.5, 0.6) is 0 Å². The van der Waals surface area contributed by atoms with Crippen molar-refractivity contribution in [2.45, 2.75) is 6.92 Å². The Hall–Kier alpha value is -5.04. The monoisotopic (exact) mass is 489 g/mol. The molecule has 5 aromatic rings. The highest BCUT2D eigenvalue weighted by Crippen LogP contribution is 2.25. The van der Waals surface area contributed by atoms with Crippen LogP contribution in [-0.4, -0.2) is 29.7 Å². The zero-order valence-electron chi connectivity index (χ0n) is 20.0. The number of ether oxygens (including phenoxy) is 1. The highest BCUT2D eigenvalue weighted by Gasteiger charge is 2.14. The number of amides is 1. The van der Waals surface area contributed by atoms with Gasteiger partial charge in [0.15, 0.2) is 0 Å². The molecule has 3 aromatic carbocycles. The third-order valence-corrected chi connectivity index (χ3v) is 5.70. The van der Waals surface area contributed by atoms with Crippen LogP contribution in [0, 0.1) is 0 Å². The lowest BCUT2D eigenvalue weighted by atomic mass is 10.0. The smallest absolute Gasteiger partial charge is 0.338 e. The number of hydrogen-bond donors (Lipinski definition) is 1. The van der Waals surface area contributed by atoms with Crippen LogP contribution in [0.25, 0.3) is 33.5 Å². The Morgan fingerprint density at radius 2 is 1.68 bits per heavy atom. The predicted octanol–water partition coefficient (Wildman–Crippen LogP) is 6.10. The number of fused-ring (bicyclic) bond motifs is 1. The molecule has 37 heavy (non-hydrogen) atoms. The lowest BCUT2D eigenvalue weighted by Gasteiger charge is -2.09. The number of carbonyl (C=O) groups is 2. The second kappa shape index (κ2) is 10.7. The minimum Gasteiger partial charge on any atom is -0.462 e. The first kappa shape index (κ1) is 23.7. The Morgan fingerprint density at radius 3 is 2.46 bits per heavy atom. The normalized spacial score (nSPS) is 11.1. The van der Waals surface area contributed by atoms with Gasteiger partial charge in [0, 0.05) is 16.5 Å². The van der Waals surface area contributed by atoms with Crippen LogP contribution < -0.4 is 5.43 Å². The van der Waals surface area contributed by atoms with Crippen molar-refractivity contribution in [1.82, 2.24) is 10.4 Å². The first-order valence-corrected chi connectivity index (χ1v) is 11.8. The van der Waals surface area contributed by atoms with Crippen LogP contribution in [0.4, 0.5) is 0 Å². The quantitative estimate of drug-likeness (QED) is 0.169. The van der Waals surface area contributed by atoms with E-state index >= 15 is 0 Å². The summed E-state index contributed by atoms with van der Waals surface area (Å²) in [6.45, 7) is 2.09. The maximum absolute atomic E-state index is 13.1. The minimum absolute atomic E-state index is 0.323. The number of aromatic nitrogens is 1. The minimum atomic E-state index is -0.366. The van der Waals surface area contributed by atoms with Gasteiger partial charge in [0.05, 0.1) is 35.2 Å². The highest BCUT2D eigenvalue weighted by atomic mass is 16.5. The molecule has 182 valence electrons. The summed E-state index contributed by atoms with van der Waals surface area (Å²) in [5.41, 5.74) is 6.69. The van der Waals surface area contributed by atoms with E-state index in [1.54, 1.807) is 49.4 Å². The second-order valence-corrected chi connectivity index (χ2v) is 8.14. The van der Waals surface area contributed by atoms with Crippen molar-refractivity contribution in [3.63, 3.8) is 0 Å². The van der Waals surface area contributed by atoms with Crippen LogP contribution in [0.3, 0.4) is 0 Å². The number of rotatable bonds is 7. The van der Waals surface area contributed by atoms with Gasteiger partial charge < -0.3 is 9.15 Å².